The molecule has 0 bridgehead atoms. The average Bonchev–Trinajstić information content (AvgIpc) is 3.24. The summed E-state index contributed by atoms with van der Waals surface area (Å²) in [6.07, 6.45) is 0.189. The number of rotatable bonds is 8. The summed E-state index contributed by atoms with van der Waals surface area (Å²) in [4.78, 5) is 32.6. The van der Waals surface area contributed by atoms with E-state index in [0.717, 1.165) is 22.0 Å². The molecule has 1 amide bonds. The molecule has 1 N–H and O–H groups in total. The zero-order valence-electron chi connectivity index (χ0n) is 20.6. The van der Waals surface area contributed by atoms with Crippen molar-refractivity contribution in [3.05, 3.63) is 93.7 Å². The van der Waals surface area contributed by atoms with Gasteiger partial charge in [0.15, 0.2) is 5.17 Å². The molecule has 4 rings (SSSR count). The minimum Gasteiger partial charge on any atom is -0.463 e. The number of esters is 1. The van der Waals surface area contributed by atoms with E-state index in [1.165, 1.54) is 17.3 Å². The van der Waals surface area contributed by atoms with Crippen molar-refractivity contribution in [3.63, 3.8) is 0 Å². The van der Waals surface area contributed by atoms with Gasteiger partial charge in [-0.2, -0.15) is 0 Å². The summed E-state index contributed by atoms with van der Waals surface area (Å²) < 4.78 is 5.42. The fraction of sp³-hybridized carbons (Fsp3) is 0.321. The van der Waals surface area contributed by atoms with Crippen LogP contribution in [-0.2, 0) is 20.9 Å². The first-order valence-electron chi connectivity index (χ1n) is 11.9. The Morgan fingerprint density at radius 1 is 1.11 bits per heavy atom. The number of nitrogens with one attached hydrogen (secondary N) is 1. The van der Waals surface area contributed by atoms with E-state index in [1.807, 2.05) is 47.6 Å². The first-order valence-corrected chi connectivity index (χ1v) is 12.8. The Labute approximate surface area is 211 Å². The molecule has 1 atom stereocenters. The Balaban J connectivity index is 1.62. The van der Waals surface area contributed by atoms with Gasteiger partial charge < -0.3 is 15.0 Å². The van der Waals surface area contributed by atoms with Gasteiger partial charge in [0, 0.05) is 12.2 Å². The maximum atomic E-state index is 13.1. The van der Waals surface area contributed by atoms with Gasteiger partial charge in [-0.25, -0.2) is 9.79 Å². The van der Waals surface area contributed by atoms with Gasteiger partial charge in [0.1, 0.15) is 0 Å². The molecule has 2 aliphatic heterocycles. The number of benzene rings is 2. The molecule has 7 heteroatoms. The van der Waals surface area contributed by atoms with Crippen molar-refractivity contribution in [1.29, 1.82) is 0 Å². The second kappa shape index (κ2) is 11.0. The van der Waals surface area contributed by atoms with Crippen molar-refractivity contribution in [2.75, 3.05) is 6.61 Å². The first-order chi connectivity index (χ1) is 16.9. The van der Waals surface area contributed by atoms with Crippen molar-refractivity contribution in [2.45, 2.75) is 52.6 Å². The fourth-order valence-electron chi connectivity index (χ4n) is 4.24. The lowest BCUT2D eigenvalue weighted by Crippen LogP contribution is -2.38. The molecular weight excluding hydrogens is 458 g/mol. The van der Waals surface area contributed by atoms with Crippen LogP contribution < -0.4 is 5.32 Å². The number of fused-ring (bicyclic) bond motifs is 1. The maximum absolute atomic E-state index is 13.1. The molecule has 2 aliphatic rings. The number of hydrogen-bond donors (Lipinski definition) is 1. The van der Waals surface area contributed by atoms with Crippen LogP contribution in [0, 0.1) is 0 Å². The third kappa shape index (κ3) is 5.51. The summed E-state index contributed by atoms with van der Waals surface area (Å²) in [6, 6.07) is 17.7. The zero-order valence-corrected chi connectivity index (χ0v) is 21.4. The van der Waals surface area contributed by atoms with Gasteiger partial charge in [-0.05, 0) is 41.9 Å². The number of aliphatic imine (C=N–C) groups is 1. The molecule has 0 aromatic heterocycles. The highest BCUT2D eigenvalue weighted by Crippen LogP contribution is 2.45. The second-order valence-electron chi connectivity index (χ2n) is 8.87. The molecule has 0 spiro atoms. The van der Waals surface area contributed by atoms with Crippen LogP contribution in [-0.4, -0.2) is 28.6 Å². The monoisotopic (exact) mass is 489 g/mol. The number of amides is 1. The minimum absolute atomic E-state index is 0.0835. The van der Waals surface area contributed by atoms with E-state index in [4.69, 9.17) is 9.73 Å². The quantitative estimate of drug-likeness (QED) is 0.485. The van der Waals surface area contributed by atoms with E-state index in [-0.39, 0.29) is 24.9 Å². The van der Waals surface area contributed by atoms with Crippen LogP contribution in [0.4, 0.5) is 0 Å². The number of hydrogen-bond acceptors (Lipinski definition) is 6. The van der Waals surface area contributed by atoms with Crippen molar-refractivity contribution in [2.24, 2.45) is 4.99 Å². The molecule has 2 heterocycles. The number of nitrogens with zero attached hydrogens (tertiary/aromatic N) is 2. The standard InChI is InChI=1S/C28H31N3O3S/c1-5-34-27(33)25-19(4)30-28-31(26(25)22-13-11-21(12-14-22)18(2)3)23(17-35-28)15-24(32)29-16-20-9-7-6-8-10-20/h6-14,17-18,26H,5,15-16H2,1-4H3,(H,29,32). The Bertz CT molecular complexity index is 1180. The molecule has 6 nitrogen and oxygen atoms in total. The van der Waals surface area contributed by atoms with E-state index in [1.54, 1.807) is 6.92 Å². The van der Waals surface area contributed by atoms with Gasteiger partial charge in [-0.15, -0.1) is 0 Å². The Hall–Kier alpha value is -3.32. The number of thioether (sulfide) groups is 1. The summed E-state index contributed by atoms with van der Waals surface area (Å²) in [6.45, 7) is 8.70. The van der Waals surface area contributed by atoms with Crippen LogP contribution >= 0.6 is 11.8 Å². The van der Waals surface area contributed by atoms with Crippen LogP contribution in [0.3, 0.4) is 0 Å². The SMILES string of the molecule is CCOC(=O)C1=C(C)N=C2SC=C(CC(=O)NCc3ccccc3)N2C1c1ccc(C(C)C)cc1. The van der Waals surface area contributed by atoms with E-state index in [9.17, 15) is 9.59 Å². The molecule has 0 radical (unpaired) electrons. The third-order valence-electron chi connectivity index (χ3n) is 6.09. The summed E-state index contributed by atoms with van der Waals surface area (Å²) in [5.41, 5.74) is 5.19. The topological polar surface area (TPSA) is 71.0 Å². The maximum Gasteiger partial charge on any atom is 0.338 e. The predicted octanol–water partition coefficient (Wildman–Crippen LogP) is 5.65. The van der Waals surface area contributed by atoms with Crippen LogP contribution in [0.5, 0.6) is 0 Å². The van der Waals surface area contributed by atoms with Crippen molar-refractivity contribution < 1.29 is 14.3 Å². The number of amidine groups is 1. The number of allylic oxidation sites excluding steroid dienone is 1. The van der Waals surface area contributed by atoms with E-state index in [2.05, 4.69) is 43.4 Å². The Morgan fingerprint density at radius 2 is 1.83 bits per heavy atom. The summed E-state index contributed by atoms with van der Waals surface area (Å²) in [7, 11) is 0. The molecule has 35 heavy (non-hydrogen) atoms. The zero-order chi connectivity index (χ0) is 24.9. The number of carbonyl (C=O) groups is 2. The first kappa shape index (κ1) is 24.8. The molecule has 182 valence electrons. The largest absolute Gasteiger partial charge is 0.463 e. The third-order valence-corrected chi connectivity index (χ3v) is 6.98. The van der Waals surface area contributed by atoms with Gasteiger partial charge in [-0.1, -0.05) is 80.2 Å². The lowest BCUT2D eigenvalue weighted by Gasteiger charge is -2.36. The Kier molecular flexibility index (Phi) is 7.76. The van der Waals surface area contributed by atoms with Gasteiger partial charge in [0.2, 0.25) is 5.91 Å². The summed E-state index contributed by atoms with van der Waals surface area (Å²) in [5.74, 6) is -0.0595. The molecule has 0 aliphatic carbocycles. The van der Waals surface area contributed by atoms with E-state index in [0.29, 0.717) is 23.7 Å². The van der Waals surface area contributed by atoms with Crippen LogP contribution in [0.15, 0.2) is 82.0 Å². The molecule has 0 saturated heterocycles. The smallest absolute Gasteiger partial charge is 0.338 e. The lowest BCUT2D eigenvalue weighted by atomic mass is 9.92. The summed E-state index contributed by atoms with van der Waals surface area (Å²) >= 11 is 1.48. The highest BCUT2D eigenvalue weighted by molar-refractivity contribution is 8.16. The Morgan fingerprint density at radius 3 is 2.49 bits per heavy atom. The molecular formula is C28H31N3O3S. The molecule has 2 aromatic carbocycles. The summed E-state index contributed by atoms with van der Waals surface area (Å²) in [5, 5.41) is 5.72. The van der Waals surface area contributed by atoms with Crippen molar-refractivity contribution >= 4 is 28.8 Å². The highest BCUT2D eigenvalue weighted by Gasteiger charge is 2.41. The van der Waals surface area contributed by atoms with Crippen LogP contribution in [0.25, 0.3) is 0 Å². The second-order valence-corrected chi connectivity index (χ2v) is 9.71. The van der Waals surface area contributed by atoms with Gasteiger partial charge in [0.05, 0.1) is 30.3 Å². The molecule has 1 unspecified atom stereocenters. The normalized spacial score (nSPS) is 17.2. The van der Waals surface area contributed by atoms with E-state index >= 15 is 0 Å². The van der Waals surface area contributed by atoms with Crippen molar-refractivity contribution in [3.8, 4) is 0 Å². The average molecular weight is 490 g/mol. The molecule has 0 fully saturated rings. The van der Waals surface area contributed by atoms with Crippen LogP contribution in [0.2, 0.25) is 0 Å². The number of ether oxygens (including phenoxy) is 1. The van der Waals surface area contributed by atoms with Gasteiger partial charge >= 0.3 is 5.97 Å². The van der Waals surface area contributed by atoms with Crippen molar-refractivity contribution in [1.82, 2.24) is 10.2 Å². The van der Waals surface area contributed by atoms with Crippen LogP contribution in [0.1, 0.15) is 62.8 Å². The molecule has 0 saturated carbocycles. The predicted molar refractivity (Wildman–Crippen MR) is 140 cm³/mol. The lowest BCUT2D eigenvalue weighted by molar-refractivity contribution is -0.139. The molecule has 2 aromatic rings. The fourth-order valence-corrected chi connectivity index (χ4v) is 5.21. The van der Waals surface area contributed by atoms with E-state index < -0.39 is 6.04 Å². The number of carbonyl (C=O) groups excluding carboxylic acids is 2. The van der Waals surface area contributed by atoms with Gasteiger partial charge in [-0.3, -0.25) is 4.79 Å². The van der Waals surface area contributed by atoms with Gasteiger partial charge in [0.25, 0.3) is 0 Å². The highest BCUT2D eigenvalue weighted by atomic mass is 32.2. The minimum atomic E-state index is -0.411.